The number of rotatable bonds is 7. The number of benzene rings is 3. The van der Waals surface area contributed by atoms with Crippen molar-refractivity contribution < 1.29 is 33.3 Å². The third-order valence-electron chi connectivity index (χ3n) is 5.91. The van der Waals surface area contributed by atoms with Crippen LogP contribution in [0, 0.1) is 6.92 Å². The van der Waals surface area contributed by atoms with E-state index in [-0.39, 0.29) is 19.0 Å². The maximum atomic E-state index is 13.3. The zero-order valence-corrected chi connectivity index (χ0v) is 22.2. The highest BCUT2D eigenvalue weighted by Crippen LogP contribution is 2.34. The molecule has 1 N–H and O–H groups in total. The van der Waals surface area contributed by atoms with Crippen LogP contribution in [0.1, 0.15) is 23.6 Å². The number of urea groups is 1. The maximum Gasteiger partial charge on any atom is 0.335 e. The molecule has 0 atom stereocenters. The number of fused-ring (bicyclic) bond motifs is 1. The Morgan fingerprint density at radius 2 is 1.79 bits per heavy atom. The van der Waals surface area contributed by atoms with Crippen molar-refractivity contribution in [3.05, 3.63) is 81.3 Å². The molecular weight excluding hydrogens is 556 g/mol. The van der Waals surface area contributed by atoms with Crippen LogP contribution in [0.25, 0.3) is 6.08 Å². The van der Waals surface area contributed by atoms with Crippen LogP contribution in [0.3, 0.4) is 0 Å². The van der Waals surface area contributed by atoms with Crippen molar-refractivity contribution in [3.8, 4) is 23.0 Å². The maximum absolute atomic E-state index is 13.3. The van der Waals surface area contributed by atoms with Crippen LogP contribution >= 0.6 is 15.9 Å². The molecule has 4 amide bonds. The molecule has 0 radical (unpaired) electrons. The lowest BCUT2D eigenvalue weighted by molar-refractivity contribution is -0.122. The fraction of sp³-hybridized carbons (Fsp3) is 0.179. The number of nitrogens with one attached hydrogen (secondary N) is 1. The standard InChI is InChI=1S/C28H23BrN2O7/c1-3-35-24-12-17(4-8-22(24)36-14-18-5-9-23-25(13-18)38-15-37-23)11-20-26(32)30-28(34)31(27(20)33)19-6-7-21(29)16(2)10-19/h4-13H,3,14-15H2,1-2H3,(H,30,32,34)/b20-11+. The van der Waals surface area contributed by atoms with Crippen molar-refractivity contribution >= 4 is 45.5 Å². The van der Waals surface area contributed by atoms with Crippen molar-refractivity contribution in [1.82, 2.24) is 5.32 Å². The van der Waals surface area contributed by atoms with Gasteiger partial charge < -0.3 is 18.9 Å². The molecule has 0 spiro atoms. The molecule has 2 aliphatic heterocycles. The molecule has 194 valence electrons. The number of barbiturate groups is 1. The lowest BCUT2D eigenvalue weighted by atomic mass is 10.1. The van der Waals surface area contributed by atoms with Crippen molar-refractivity contribution in [3.63, 3.8) is 0 Å². The summed E-state index contributed by atoms with van der Waals surface area (Å²) in [6, 6.07) is 14.9. The summed E-state index contributed by atoms with van der Waals surface area (Å²) in [4.78, 5) is 39.3. The Bertz CT molecular complexity index is 1480. The Morgan fingerprint density at radius 3 is 2.58 bits per heavy atom. The summed E-state index contributed by atoms with van der Waals surface area (Å²) in [6.07, 6.45) is 1.42. The van der Waals surface area contributed by atoms with E-state index in [0.717, 1.165) is 20.5 Å². The van der Waals surface area contributed by atoms with E-state index in [1.54, 1.807) is 36.4 Å². The Balaban J connectivity index is 1.39. The summed E-state index contributed by atoms with van der Waals surface area (Å²) < 4.78 is 23.3. The quantitative estimate of drug-likeness (QED) is 0.306. The second-order valence-electron chi connectivity index (χ2n) is 8.51. The summed E-state index contributed by atoms with van der Waals surface area (Å²) in [5.74, 6) is 0.807. The van der Waals surface area contributed by atoms with Crippen LogP contribution in [0.2, 0.25) is 0 Å². The molecule has 38 heavy (non-hydrogen) atoms. The molecule has 0 saturated carbocycles. The summed E-state index contributed by atoms with van der Waals surface area (Å²) >= 11 is 3.41. The molecule has 3 aromatic carbocycles. The van der Waals surface area contributed by atoms with E-state index < -0.39 is 17.8 Å². The highest BCUT2D eigenvalue weighted by Gasteiger charge is 2.37. The number of imide groups is 2. The van der Waals surface area contributed by atoms with Gasteiger partial charge in [0.2, 0.25) is 6.79 Å². The largest absolute Gasteiger partial charge is 0.490 e. The number of hydrogen-bond donors (Lipinski definition) is 1. The van der Waals surface area contributed by atoms with Crippen molar-refractivity contribution in [1.29, 1.82) is 0 Å². The first kappa shape index (κ1) is 25.3. The number of nitrogens with zero attached hydrogens (tertiary/aromatic N) is 1. The molecule has 0 bridgehead atoms. The Hall–Kier alpha value is -4.31. The van der Waals surface area contributed by atoms with Gasteiger partial charge in [0.05, 0.1) is 12.3 Å². The average Bonchev–Trinajstić information content (AvgIpc) is 3.36. The van der Waals surface area contributed by atoms with Crippen molar-refractivity contribution in [2.75, 3.05) is 18.3 Å². The zero-order valence-electron chi connectivity index (χ0n) is 20.6. The van der Waals surface area contributed by atoms with E-state index in [1.807, 2.05) is 32.0 Å². The number of ether oxygens (including phenoxy) is 4. The SMILES string of the molecule is CCOc1cc(/C=C2\C(=O)NC(=O)N(c3ccc(Br)c(C)c3)C2=O)ccc1OCc1ccc2c(c1)OCO2. The molecule has 0 aliphatic carbocycles. The fourth-order valence-corrected chi connectivity index (χ4v) is 4.27. The second kappa shape index (κ2) is 10.6. The van der Waals surface area contributed by atoms with Gasteiger partial charge in [-0.1, -0.05) is 28.1 Å². The first-order valence-electron chi connectivity index (χ1n) is 11.8. The van der Waals surface area contributed by atoms with E-state index in [2.05, 4.69) is 21.2 Å². The first-order chi connectivity index (χ1) is 18.3. The lowest BCUT2D eigenvalue weighted by Crippen LogP contribution is -2.54. The monoisotopic (exact) mass is 578 g/mol. The van der Waals surface area contributed by atoms with Crippen LogP contribution in [-0.2, 0) is 16.2 Å². The summed E-state index contributed by atoms with van der Waals surface area (Å²) in [6.45, 7) is 4.52. The van der Waals surface area contributed by atoms with Gasteiger partial charge in [-0.2, -0.15) is 0 Å². The van der Waals surface area contributed by atoms with E-state index in [4.69, 9.17) is 18.9 Å². The van der Waals surface area contributed by atoms with Crippen LogP contribution in [0.4, 0.5) is 10.5 Å². The highest BCUT2D eigenvalue weighted by molar-refractivity contribution is 9.10. The van der Waals surface area contributed by atoms with Gasteiger partial charge in [0.1, 0.15) is 12.2 Å². The Labute approximate surface area is 227 Å². The molecular formula is C28H23BrN2O7. The third-order valence-corrected chi connectivity index (χ3v) is 6.80. The van der Waals surface area contributed by atoms with E-state index in [9.17, 15) is 14.4 Å². The molecule has 0 unspecified atom stereocenters. The van der Waals surface area contributed by atoms with Crippen LogP contribution in [0.15, 0.2) is 64.6 Å². The number of amides is 4. The van der Waals surface area contributed by atoms with Gasteiger partial charge in [0.25, 0.3) is 11.8 Å². The topological polar surface area (TPSA) is 103 Å². The van der Waals surface area contributed by atoms with Gasteiger partial charge in [0, 0.05) is 4.47 Å². The van der Waals surface area contributed by atoms with E-state index in [0.29, 0.717) is 40.9 Å². The lowest BCUT2D eigenvalue weighted by Gasteiger charge is -2.26. The van der Waals surface area contributed by atoms with Crippen molar-refractivity contribution in [2.45, 2.75) is 20.5 Å². The van der Waals surface area contributed by atoms with E-state index in [1.165, 1.54) is 6.08 Å². The highest BCUT2D eigenvalue weighted by atomic mass is 79.9. The van der Waals surface area contributed by atoms with Gasteiger partial charge in [-0.25, -0.2) is 9.69 Å². The number of carbonyl (C=O) groups excluding carboxylic acids is 3. The van der Waals surface area contributed by atoms with Crippen molar-refractivity contribution in [2.24, 2.45) is 0 Å². The zero-order chi connectivity index (χ0) is 26.8. The number of aryl methyl sites for hydroxylation is 1. The first-order valence-corrected chi connectivity index (χ1v) is 12.6. The molecule has 1 fully saturated rings. The Kier molecular flexibility index (Phi) is 7.06. The summed E-state index contributed by atoms with van der Waals surface area (Å²) in [5, 5.41) is 2.24. The predicted octanol–water partition coefficient (Wildman–Crippen LogP) is 5.13. The predicted molar refractivity (Wildman–Crippen MR) is 142 cm³/mol. The van der Waals surface area contributed by atoms with Gasteiger partial charge in [-0.05, 0) is 79.1 Å². The normalized spacial score (nSPS) is 15.6. The number of halogens is 1. The molecule has 1 saturated heterocycles. The van der Waals surface area contributed by atoms with E-state index >= 15 is 0 Å². The molecule has 9 nitrogen and oxygen atoms in total. The van der Waals surface area contributed by atoms with Crippen LogP contribution < -0.4 is 29.2 Å². The second-order valence-corrected chi connectivity index (χ2v) is 9.36. The fourth-order valence-electron chi connectivity index (χ4n) is 4.02. The molecule has 2 heterocycles. The Morgan fingerprint density at radius 1 is 0.974 bits per heavy atom. The van der Waals surface area contributed by atoms with Gasteiger partial charge >= 0.3 is 6.03 Å². The minimum Gasteiger partial charge on any atom is -0.490 e. The van der Waals surface area contributed by atoms with Gasteiger partial charge in [-0.3, -0.25) is 14.9 Å². The van der Waals surface area contributed by atoms with Gasteiger partial charge in [-0.15, -0.1) is 0 Å². The average molecular weight is 579 g/mol. The minimum absolute atomic E-state index is 0.179. The summed E-state index contributed by atoms with van der Waals surface area (Å²) in [5.41, 5.74) is 2.43. The molecule has 10 heteroatoms. The number of carbonyl (C=O) groups is 3. The number of hydrogen-bond acceptors (Lipinski definition) is 7. The molecule has 3 aromatic rings. The third kappa shape index (κ3) is 5.08. The van der Waals surface area contributed by atoms with Crippen LogP contribution in [0.5, 0.6) is 23.0 Å². The molecule has 5 rings (SSSR count). The van der Waals surface area contributed by atoms with Gasteiger partial charge in [0.15, 0.2) is 23.0 Å². The van der Waals surface area contributed by atoms with Crippen LogP contribution in [-0.4, -0.2) is 31.2 Å². The minimum atomic E-state index is -0.804. The number of anilines is 1. The smallest absolute Gasteiger partial charge is 0.335 e. The molecule has 2 aliphatic rings. The molecule has 0 aromatic heterocycles. The summed E-state index contributed by atoms with van der Waals surface area (Å²) in [7, 11) is 0.